The number of anilines is 3. The van der Waals surface area contributed by atoms with E-state index in [1.807, 2.05) is 22.4 Å². The number of aromatic nitrogens is 6. The van der Waals surface area contributed by atoms with Crippen LogP contribution in [0, 0.1) is 0 Å². The van der Waals surface area contributed by atoms with Crippen molar-refractivity contribution in [2.45, 2.75) is 38.1 Å². The Morgan fingerprint density at radius 2 is 2.17 bits per heavy atom. The van der Waals surface area contributed by atoms with Crippen LogP contribution in [0.5, 0.6) is 5.88 Å². The monoisotopic (exact) mass is 498 g/mol. The third kappa shape index (κ3) is 4.45. The highest BCUT2D eigenvalue weighted by Crippen LogP contribution is 2.33. The number of alkyl halides is 1. The van der Waals surface area contributed by atoms with E-state index in [0.29, 0.717) is 41.0 Å². The second-order valence-corrected chi connectivity index (χ2v) is 9.18. The van der Waals surface area contributed by atoms with E-state index in [-0.39, 0.29) is 19.1 Å². The number of imidazole rings is 1. The zero-order valence-electron chi connectivity index (χ0n) is 20.7. The van der Waals surface area contributed by atoms with E-state index in [4.69, 9.17) is 14.7 Å². The molecule has 192 valence electrons. The number of nitrogens with one attached hydrogen (secondary N) is 2. The quantitative estimate of drug-likeness (QED) is 0.446. The molecule has 2 saturated heterocycles. The average molecular weight is 499 g/mol. The zero-order chi connectivity index (χ0) is 25.4. The normalized spacial score (nSPS) is 22.3. The number of methoxy groups -OCH3 is 1. The molecule has 5 heterocycles. The molecular weight excluding hydrogens is 467 g/mol. The number of rotatable bonds is 8. The van der Waals surface area contributed by atoms with Crippen molar-refractivity contribution in [1.29, 1.82) is 0 Å². The first-order chi connectivity index (χ1) is 17.4. The third-order valence-corrected chi connectivity index (χ3v) is 6.72. The van der Waals surface area contributed by atoms with Gasteiger partial charge < -0.3 is 29.7 Å². The number of hydrogen-bond acceptors (Lipinski definition) is 9. The number of hydrogen-bond donors (Lipinski definition) is 2. The third-order valence-electron chi connectivity index (χ3n) is 6.72. The lowest BCUT2D eigenvalue weighted by Gasteiger charge is -2.17. The van der Waals surface area contributed by atoms with Gasteiger partial charge in [0.05, 0.1) is 38.3 Å². The number of nitrogens with zero attached hydrogens (tertiary/aromatic N) is 8. The largest absolute Gasteiger partial charge is 0.478 e. The van der Waals surface area contributed by atoms with Crippen molar-refractivity contribution in [2.24, 2.45) is 0 Å². The van der Waals surface area contributed by atoms with Crippen LogP contribution in [-0.2, 0) is 11.3 Å². The maximum atomic E-state index is 14.7. The Morgan fingerprint density at radius 1 is 1.33 bits per heavy atom. The van der Waals surface area contributed by atoms with Crippen LogP contribution in [-0.4, -0.2) is 92.7 Å². The summed E-state index contributed by atoms with van der Waals surface area (Å²) in [6.45, 7) is 8.32. The number of halogens is 1. The van der Waals surface area contributed by atoms with Crippen LogP contribution in [0.2, 0.25) is 0 Å². The van der Waals surface area contributed by atoms with Crippen LogP contribution >= 0.6 is 0 Å². The molecule has 2 aliphatic heterocycles. The van der Waals surface area contributed by atoms with Crippen molar-refractivity contribution < 1.29 is 13.9 Å². The van der Waals surface area contributed by atoms with Gasteiger partial charge in [-0.1, -0.05) is 6.58 Å². The number of aryl methyl sites for hydroxylation is 1. The predicted octanol–water partition coefficient (Wildman–Crippen LogP) is 1.50. The summed E-state index contributed by atoms with van der Waals surface area (Å²) in [6.07, 6.45) is 4.51. The fraction of sp³-hybridized carbons (Fsp3) is 0.522. The number of amides is 1. The van der Waals surface area contributed by atoms with E-state index >= 15 is 0 Å². The first-order valence-corrected chi connectivity index (χ1v) is 12.0. The van der Waals surface area contributed by atoms with Gasteiger partial charge in [0.15, 0.2) is 17.0 Å². The van der Waals surface area contributed by atoms with Crippen molar-refractivity contribution in [3.8, 4) is 5.88 Å². The molecule has 0 spiro atoms. The van der Waals surface area contributed by atoms with Gasteiger partial charge in [0, 0.05) is 19.6 Å². The molecule has 0 saturated carbocycles. The van der Waals surface area contributed by atoms with Crippen LogP contribution in [0.4, 0.5) is 21.8 Å². The van der Waals surface area contributed by atoms with Crippen molar-refractivity contribution >= 4 is 34.5 Å². The smallest absolute Gasteiger partial charge is 0.256 e. The van der Waals surface area contributed by atoms with Crippen LogP contribution in [0.15, 0.2) is 25.2 Å². The fourth-order valence-corrected chi connectivity index (χ4v) is 4.75. The number of likely N-dealkylation sites (tertiary alicyclic amines) is 1. The predicted molar refractivity (Wildman–Crippen MR) is 133 cm³/mol. The highest BCUT2D eigenvalue weighted by molar-refractivity contribution is 5.88. The lowest BCUT2D eigenvalue weighted by Crippen LogP contribution is -2.40. The number of likely N-dealkylation sites (N-methyl/N-ethyl adjacent to an activating group) is 1. The summed E-state index contributed by atoms with van der Waals surface area (Å²) in [7, 11) is 3.67. The molecule has 13 heteroatoms. The molecule has 0 radical (unpaired) electrons. The molecule has 0 aromatic carbocycles. The Labute approximate surface area is 208 Å². The van der Waals surface area contributed by atoms with Crippen molar-refractivity contribution in [2.75, 3.05) is 50.6 Å². The fourth-order valence-electron chi connectivity index (χ4n) is 4.75. The Hall–Kier alpha value is -3.74. The topological polar surface area (TPSA) is 118 Å². The number of carbonyl (C=O) groups excluding carboxylic acids is 1. The summed E-state index contributed by atoms with van der Waals surface area (Å²) in [6, 6.07) is -0.418. The second-order valence-electron chi connectivity index (χ2n) is 9.18. The number of ether oxygens (including phenoxy) is 1. The highest BCUT2D eigenvalue weighted by atomic mass is 19.1. The molecule has 1 unspecified atom stereocenters. The maximum Gasteiger partial charge on any atom is 0.256 e. The molecule has 36 heavy (non-hydrogen) atoms. The van der Waals surface area contributed by atoms with E-state index in [2.05, 4.69) is 39.2 Å². The zero-order valence-corrected chi connectivity index (χ0v) is 20.7. The van der Waals surface area contributed by atoms with E-state index in [1.54, 1.807) is 18.3 Å². The highest BCUT2D eigenvalue weighted by Gasteiger charge is 2.35. The van der Waals surface area contributed by atoms with Gasteiger partial charge >= 0.3 is 0 Å². The molecule has 3 aromatic rings. The molecule has 2 fully saturated rings. The molecule has 2 aliphatic rings. The van der Waals surface area contributed by atoms with Crippen LogP contribution in [0.3, 0.4) is 0 Å². The number of fused-ring (bicyclic) bond motifs is 1. The molecular formula is C23H31FN10O2. The molecule has 0 bridgehead atoms. The standard InChI is InChI=1S/C23H31FN10O2/c1-5-18(35)26-16-11-33(10-15(16)24)23-28-20(19-21(29-23)32(6-2)13-25-19)27-17-12-34(30-22(17)36-4)14-7-8-31(3)9-14/h5,12-16H,1,6-11H2,2-4H3,(H,26,35)(H,27,28,29)/t14?,15-,16+/m0/s1. The van der Waals surface area contributed by atoms with Gasteiger partial charge in [-0.25, -0.2) is 9.37 Å². The van der Waals surface area contributed by atoms with Gasteiger partial charge in [0.1, 0.15) is 11.9 Å². The first kappa shape index (κ1) is 24.0. The Morgan fingerprint density at radius 3 is 2.86 bits per heavy atom. The van der Waals surface area contributed by atoms with Gasteiger partial charge in [0.25, 0.3) is 5.88 Å². The minimum Gasteiger partial charge on any atom is -0.478 e. The van der Waals surface area contributed by atoms with Crippen LogP contribution in [0.25, 0.3) is 11.2 Å². The van der Waals surface area contributed by atoms with Gasteiger partial charge in [0.2, 0.25) is 11.9 Å². The molecule has 3 aromatic heterocycles. The lowest BCUT2D eigenvalue weighted by molar-refractivity contribution is -0.117. The van der Waals surface area contributed by atoms with Crippen LogP contribution in [0.1, 0.15) is 19.4 Å². The van der Waals surface area contributed by atoms with Gasteiger partial charge in [-0.05, 0) is 33.0 Å². The van der Waals surface area contributed by atoms with Gasteiger partial charge in [-0.15, -0.1) is 5.10 Å². The summed E-state index contributed by atoms with van der Waals surface area (Å²) in [5, 5.41) is 10.6. The summed E-state index contributed by atoms with van der Waals surface area (Å²) < 4.78 is 24.1. The molecule has 3 atom stereocenters. The molecule has 0 aliphatic carbocycles. The summed E-state index contributed by atoms with van der Waals surface area (Å²) in [5.41, 5.74) is 1.87. The molecule has 5 rings (SSSR count). The Bertz CT molecular complexity index is 1270. The van der Waals surface area contributed by atoms with Gasteiger partial charge in [-0.2, -0.15) is 9.97 Å². The minimum atomic E-state index is -1.26. The number of carbonyl (C=O) groups is 1. The molecule has 1 amide bonds. The average Bonchev–Trinajstić information content (AvgIpc) is 3.65. The Kier molecular flexibility index (Phi) is 6.48. The lowest BCUT2D eigenvalue weighted by atomic mass is 10.2. The first-order valence-electron chi connectivity index (χ1n) is 12.0. The Balaban J connectivity index is 1.48. The van der Waals surface area contributed by atoms with Gasteiger partial charge in [-0.3, -0.25) is 9.48 Å². The van der Waals surface area contributed by atoms with E-state index in [0.717, 1.165) is 25.6 Å². The molecule has 12 nitrogen and oxygen atoms in total. The maximum absolute atomic E-state index is 14.7. The van der Waals surface area contributed by atoms with E-state index in [1.165, 1.54) is 0 Å². The van der Waals surface area contributed by atoms with Crippen molar-refractivity contribution in [1.82, 2.24) is 39.5 Å². The summed E-state index contributed by atoms with van der Waals surface area (Å²) in [5.74, 6) is 0.856. The van der Waals surface area contributed by atoms with E-state index < -0.39 is 18.1 Å². The van der Waals surface area contributed by atoms with E-state index in [9.17, 15) is 9.18 Å². The molecule has 2 N–H and O–H groups in total. The summed E-state index contributed by atoms with van der Waals surface area (Å²) in [4.78, 5) is 29.7. The second kappa shape index (κ2) is 9.72. The van der Waals surface area contributed by atoms with Crippen molar-refractivity contribution in [3.63, 3.8) is 0 Å². The summed E-state index contributed by atoms with van der Waals surface area (Å²) >= 11 is 0. The SMILES string of the molecule is C=CC(=O)N[C@@H]1CN(c2nc(Nc3cn(C4CCN(C)C4)nc3OC)c3ncn(CC)c3n2)C[C@@H]1F. The van der Waals surface area contributed by atoms with Crippen LogP contribution < -0.4 is 20.3 Å². The minimum absolute atomic E-state index is 0.0593. The van der Waals surface area contributed by atoms with Crippen molar-refractivity contribution in [3.05, 3.63) is 25.2 Å².